The Hall–Kier alpha value is -2.87. The summed E-state index contributed by atoms with van der Waals surface area (Å²) in [6.07, 6.45) is 3.56. The van der Waals surface area contributed by atoms with Gasteiger partial charge in [-0.05, 0) is 0 Å². The number of hydrogen-bond donors (Lipinski definition) is 1. The average Bonchev–Trinajstić information content (AvgIpc) is 3.39. The number of aliphatic imine (C=N–C) groups is 1. The largest absolute Gasteiger partial charge is 0.439 e. The molecule has 0 bridgehead atoms. The number of rotatable bonds is 4. The van der Waals surface area contributed by atoms with E-state index in [2.05, 4.69) is 24.8 Å². The number of oxazole rings is 1. The molecule has 0 spiro atoms. The monoisotopic (exact) mass is 368 g/mol. The Labute approximate surface area is 155 Å². The lowest BCUT2D eigenvalue weighted by Gasteiger charge is -2.35. The number of guanidine groups is 1. The summed E-state index contributed by atoms with van der Waals surface area (Å²) in [6, 6.07) is 9.89. The van der Waals surface area contributed by atoms with Crippen LogP contribution >= 0.6 is 11.3 Å². The highest BCUT2D eigenvalue weighted by molar-refractivity contribution is 7.13. The molecule has 8 heteroatoms. The Morgan fingerprint density at radius 2 is 1.96 bits per heavy atom. The number of nitrogens with two attached hydrogens (primary N) is 1. The van der Waals surface area contributed by atoms with Crippen LogP contribution in [0.2, 0.25) is 0 Å². The second kappa shape index (κ2) is 7.57. The fraction of sp³-hybridized carbons (Fsp3) is 0.278. The van der Waals surface area contributed by atoms with Gasteiger partial charge in [-0.2, -0.15) is 0 Å². The molecule has 1 aromatic carbocycles. The Bertz CT molecular complexity index is 853. The van der Waals surface area contributed by atoms with Crippen LogP contribution in [0.4, 0.5) is 5.13 Å². The zero-order valence-corrected chi connectivity index (χ0v) is 15.1. The third-order valence-electron chi connectivity index (χ3n) is 4.28. The van der Waals surface area contributed by atoms with Gasteiger partial charge in [-0.15, -0.1) is 11.3 Å². The Balaban J connectivity index is 1.34. The smallest absolute Gasteiger partial charge is 0.216 e. The standard InChI is InChI=1S/C18H20N6OS/c19-17(23-7-9-24(10-8-23)18-20-6-11-26-18)22-13-16-21-12-15(25-16)14-4-2-1-3-5-14/h1-6,11-12H,7-10,13H2,(H2,19,22). The summed E-state index contributed by atoms with van der Waals surface area (Å²) in [5.41, 5.74) is 7.15. The van der Waals surface area contributed by atoms with E-state index in [1.807, 2.05) is 41.9 Å². The second-order valence-electron chi connectivity index (χ2n) is 5.95. The van der Waals surface area contributed by atoms with Crippen molar-refractivity contribution < 1.29 is 4.42 Å². The Kier molecular flexibility index (Phi) is 4.83. The number of aromatic nitrogens is 2. The lowest BCUT2D eigenvalue weighted by molar-refractivity contribution is 0.379. The van der Waals surface area contributed by atoms with E-state index in [1.54, 1.807) is 17.5 Å². The predicted octanol–water partition coefficient (Wildman–Crippen LogP) is 2.44. The first-order valence-corrected chi connectivity index (χ1v) is 9.37. The van der Waals surface area contributed by atoms with E-state index in [9.17, 15) is 0 Å². The molecule has 7 nitrogen and oxygen atoms in total. The molecule has 1 aliphatic rings. The number of piperazine rings is 1. The summed E-state index contributed by atoms with van der Waals surface area (Å²) in [4.78, 5) is 17.5. The van der Waals surface area contributed by atoms with Crippen LogP contribution in [0.3, 0.4) is 0 Å². The van der Waals surface area contributed by atoms with Gasteiger partial charge in [-0.1, -0.05) is 30.3 Å². The van der Waals surface area contributed by atoms with Gasteiger partial charge < -0.3 is 20.0 Å². The number of hydrogen-bond acceptors (Lipinski definition) is 6. The molecule has 0 aliphatic carbocycles. The zero-order valence-electron chi connectivity index (χ0n) is 14.3. The summed E-state index contributed by atoms with van der Waals surface area (Å²) < 4.78 is 5.77. The molecule has 0 saturated carbocycles. The van der Waals surface area contributed by atoms with Crippen molar-refractivity contribution in [3.8, 4) is 11.3 Å². The van der Waals surface area contributed by atoms with Crippen LogP contribution < -0.4 is 10.6 Å². The number of nitrogens with zero attached hydrogens (tertiary/aromatic N) is 5. The van der Waals surface area contributed by atoms with E-state index >= 15 is 0 Å². The zero-order chi connectivity index (χ0) is 17.8. The van der Waals surface area contributed by atoms with Crippen LogP contribution in [-0.4, -0.2) is 47.0 Å². The molecule has 0 atom stereocenters. The van der Waals surface area contributed by atoms with Gasteiger partial charge in [0.05, 0.1) is 6.20 Å². The first-order chi connectivity index (χ1) is 12.8. The van der Waals surface area contributed by atoms with Crippen molar-refractivity contribution in [3.63, 3.8) is 0 Å². The van der Waals surface area contributed by atoms with Crippen molar-refractivity contribution in [2.75, 3.05) is 31.1 Å². The lowest BCUT2D eigenvalue weighted by Crippen LogP contribution is -2.51. The topological polar surface area (TPSA) is 83.8 Å². The van der Waals surface area contributed by atoms with Crippen molar-refractivity contribution in [1.29, 1.82) is 0 Å². The van der Waals surface area contributed by atoms with Crippen molar-refractivity contribution >= 4 is 22.4 Å². The van der Waals surface area contributed by atoms with Crippen LogP contribution in [0.5, 0.6) is 0 Å². The van der Waals surface area contributed by atoms with Gasteiger partial charge in [0.2, 0.25) is 5.89 Å². The molecule has 1 fully saturated rings. The van der Waals surface area contributed by atoms with E-state index < -0.39 is 0 Å². The first-order valence-electron chi connectivity index (χ1n) is 8.49. The van der Waals surface area contributed by atoms with Crippen LogP contribution in [0.25, 0.3) is 11.3 Å². The molecule has 134 valence electrons. The maximum Gasteiger partial charge on any atom is 0.216 e. The van der Waals surface area contributed by atoms with Crippen molar-refractivity contribution in [3.05, 3.63) is 54.0 Å². The maximum absolute atomic E-state index is 6.15. The minimum absolute atomic E-state index is 0.339. The molecule has 3 heterocycles. The molecular formula is C18H20N6OS. The van der Waals surface area contributed by atoms with Crippen molar-refractivity contribution in [2.45, 2.75) is 6.54 Å². The maximum atomic E-state index is 6.15. The molecule has 0 unspecified atom stereocenters. The molecule has 2 N–H and O–H groups in total. The van der Waals surface area contributed by atoms with Crippen molar-refractivity contribution in [1.82, 2.24) is 14.9 Å². The summed E-state index contributed by atoms with van der Waals surface area (Å²) in [6.45, 7) is 3.78. The molecule has 0 amide bonds. The molecule has 3 aromatic rings. The summed E-state index contributed by atoms with van der Waals surface area (Å²) in [7, 11) is 0. The van der Waals surface area contributed by atoms with Crippen LogP contribution in [0.15, 0.2) is 57.5 Å². The van der Waals surface area contributed by atoms with Gasteiger partial charge in [0.25, 0.3) is 0 Å². The van der Waals surface area contributed by atoms with E-state index in [-0.39, 0.29) is 0 Å². The third kappa shape index (κ3) is 3.70. The molecule has 4 rings (SSSR count). The summed E-state index contributed by atoms with van der Waals surface area (Å²) >= 11 is 1.66. The van der Waals surface area contributed by atoms with Gasteiger partial charge in [0.1, 0.15) is 6.54 Å². The second-order valence-corrected chi connectivity index (χ2v) is 6.82. The van der Waals surface area contributed by atoms with Gasteiger partial charge in [-0.3, -0.25) is 0 Å². The first kappa shape index (κ1) is 16.6. The average molecular weight is 368 g/mol. The van der Waals surface area contributed by atoms with Gasteiger partial charge in [0.15, 0.2) is 16.9 Å². The fourth-order valence-electron chi connectivity index (χ4n) is 2.87. The van der Waals surface area contributed by atoms with E-state index in [1.165, 1.54) is 0 Å². The van der Waals surface area contributed by atoms with Gasteiger partial charge in [-0.25, -0.2) is 15.0 Å². The SMILES string of the molecule is NC(=NCc1ncc(-c2ccccc2)o1)N1CCN(c2nccs2)CC1. The van der Waals surface area contributed by atoms with E-state index in [4.69, 9.17) is 10.2 Å². The minimum Gasteiger partial charge on any atom is -0.439 e. The number of thiazole rings is 1. The molecule has 1 saturated heterocycles. The van der Waals surface area contributed by atoms with E-state index in [0.29, 0.717) is 18.4 Å². The molecule has 0 radical (unpaired) electrons. The number of anilines is 1. The minimum atomic E-state index is 0.339. The molecule has 1 aliphatic heterocycles. The fourth-order valence-corrected chi connectivity index (χ4v) is 3.56. The van der Waals surface area contributed by atoms with Crippen LogP contribution in [-0.2, 0) is 6.54 Å². The summed E-state index contributed by atoms with van der Waals surface area (Å²) in [5, 5.41) is 3.06. The summed E-state index contributed by atoms with van der Waals surface area (Å²) in [5.74, 6) is 1.84. The quantitative estimate of drug-likeness (QED) is 0.562. The molecule has 2 aromatic heterocycles. The van der Waals surface area contributed by atoms with E-state index in [0.717, 1.165) is 42.6 Å². The Morgan fingerprint density at radius 1 is 1.15 bits per heavy atom. The molecular weight excluding hydrogens is 348 g/mol. The van der Waals surface area contributed by atoms with Crippen molar-refractivity contribution in [2.24, 2.45) is 10.7 Å². The third-order valence-corrected chi connectivity index (χ3v) is 5.11. The number of benzene rings is 1. The normalized spacial score (nSPS) is 15.5. The highest BCUT2D eigenvalue weighted by Crippen LogP contribution is 2.20. The highest BCUT2D eigenvalue weighted by Gasteiger charge is 2.19. The molecule has 26 heavy (non-hydrogen) atoms. The predicted molar refractivity (Wildman–Crippen MR) is 103 cm³/mol. The van der Waals surface area contributed by atoms with Crippen LogP contribution in [0.1, 0.15) is 5.89 Å². The van der Waals surface area contributed by atoms with Gasteiger partial charge in [0, 0.05) is 43.3 Å². The Morgan fingerprint density at radius 3 is 2.69 bits per heavy atom. The lowest BCUT2D eigenvalue weighted by atomic mass is 10.2. The van der Waals surface area contributed by atoms with Gasteiger partial charge >= 0.3 is 0 Å². The van der Waals surface area contributed by atoms with Crippen LogP contribution in [0, 0.1) is 0 Å². The highest BCUT2D eigenvalue weighted by atomic mass is 32.1.